The van der Waals surface area contributed by atoms with Crippen molar-refractivity contribution in [3.63, 3.8) is 0 Å². The molecule has 3 aliphatic heterocycles. The van der Waals surface area contributed by atoms with Gasteiger partial charge in [-0.25, -0.2) is 8.42 Å². The molecule has 3 fully saturated rings. The zero-order valence-electron chi connectivity index (χ0n) is 19.1. The molecule has 9 heteroatoms. The summed E-state index contributed by atoms with van der Waals surface area (Å²) in [7, 11) is -3.47. The Bertz CT molecular complexity index is 1090. The van der Waals surface area contributed by atoms with Crippen LogP contribution in [0.2, 0.25) is 0 Å². The van der Waals surface area contributed by atoms with Crippen molar-refractivity contribution in [3.8, 4) is 0 Å². The number of sulfonamides is 1. The summed E-state index contributed by atoms with van der Waals surface area (Å²) in [4.78, 5) is 15.0. The van der Waals surface area contributed by atoms with Crippen molar-refractivity contribution < 1.29 is 22.7 Å². The third-order valence-electron chi connectivity index (χ3n) is 7.20. The van der Waals surface area contributed by atoms with E-state index in [-0.39, 0.29) is 5.91 Å². The largest absolute Gasteiger partial charge is 0.347 e. The van der Waals surface area contributed by atoms with Gasteiger partial charge >= 0.3 is 0 Å². The van der Waals surface area contributed by atoms with Crippen molar-refractivity contribution in [2.75, 3.05) is 39.4 Å². The number of carbonyl (C=O) groups is 1. The standard InChI is InChI=1S/C24H33N3O5S/c28-23(26-15-9-24(10-16-26)31-17-18-32-24)8-14-25-13-7-20-19-21(5-6-22(20)25)33(29,30)27-11-3-1-2-4-12-27/h5-7,13,19H,1-4,8-12,14-18H2. The van der Waals surface area contributed by atoms with Gasteiger partial charge in [-0.3, -0.25) is 4.79 Å². The number of nitrogens with zero attached hydrogens (tertiary/aromatic N) is 3. The number of rotatable bonds is 5. The first-order valence-corrected chi connectivity index (χ1v) is 13.6. The summed E-state index contributed by atoms with van der Waals surface area (Å²) in [5.41, 5.74) is 0.947. The molecule has 0 aliphatic carbocycles. The summed E-state index contributed by atoms with van der Waals surface area (Å²) >= 11 is 0. The number of hydrogen-bond donors (Lipinski definition) is 0. The minimum atomic E-state index is -3.47. The predicted molar refractivity (Wildman–Crippen MR) is 124 cm³/mol. The SMILES string of the molecule is O=C(CCn1ccc2cc(S(=O)(=O)N3CCCCCC3)ccc21)N1CCC2(CC1)OCCO2. The molecule has 0 bridgehead atoms. The Labute approximate surface area is 195 Å². The van der Waals surface area contributed by atoms with Crippen LogP contribution in [0.4, 0.5) is 0 Å². The van der Waals surface area contributed by atoms with Crippen LogP contribution in [0.3, 0.4) is 0 Å². The predicted octanol–water partition coefficient (Wildman–Crippen LogP) is 2.96. The van der Waals surface area contributed by atoms with Crippen LogP contribution in [0, 0.1) is 0 Å². The van der Waals surface area contributed by atoms with Crippen LogP contribution in [0.25, 0.3) is 10.9 Å². The normalized spacial score (nSPS) is 22.1. The first-order chi connectivity index (χ1) is 16.0. The van der Waals surface area contributed by atoms with Gasteiger partial charge in [0.2, 0.25) is 15.9 Å². The number of hydrogen-bond acceptors (Lipinski definition) is 5. The Morgan fingerprint density at radius 1 is 0.939 bits per heavy atom. The first kappa shape index (κ1) is 22.8. The Balaban J connectivity index is 1.22. The highest BCUT2D eigenvalue weighted by molar-refractivity contribution is 7.89. The summed E-state index contributed by atoms with van der Waals surface area (Å²) < 4.78 is 41.4. The molecular weight excluding hydrogens is 442 g/mol. The maximum absolute atomic E-state index is 13.1. The van der Waals surface area contributed by atoms with Gasteiger partial charge in [-0.2, -0.15) is 4.31 Å². The lowest BCUT2D eigenvalue weighted by Crippen LogP contribution is -2.47. The Hall–Kier alpha value is -1.94. The number of aromatic nitrogens is 1. The molecule has 1 amide bonds. The maximum Gasteiger partial charge on any atom is 0.243 e. The summed E-state index contributed by atoms with van der Waals surface area (Å²) in [6.45, 7) is 4.34. The fourth-order valence-electron chi connectivity index (χ4n) is 5.22. The summed E-state index contributed by atoms with van der Waals surface area (Å²) in [6, 6.07) is 7.26. The number of ether oxygens (including phenoxy) is 2. The molecular formula is C24H33N3O5S. The molecule has 5 rings (SSSR count). The molecule has 0 N–H and O–H groups in total. The third-order valence-corrected chi connectivity index (χ3v) is 9.10. The molecule has 3 saturated heterocycles. The molecule has 0 unspecified atom stereocenters. The smallest absolute Gasteiger partial charge is 0.243 e. The summed E-state index contributed by atoms with van der Waals surface area (Å²) in [5, 5.41) is 0.883. The molecule has 1 aromatic heterocycles. The number of likely N-dealkylation sites (tertiary alicyclic amines) is 1. The van der Waals surface area contributed by atoms with E-state index in [1.54, 1.807) is 16.4 Å². The third kappa shape index (κ3) is 4.69. The molecule has 0 saturated carbocycles. The number of amides is 1. The topological polar surface area (TPSA) is 81.1 Å². The lowest BCUT2D eigenvalue weighted by Gasteiger charge is -2.37. The zero-order chi connectivity index (χ0) is 22.9. The number of benzene rings is 1. The van der Waals surface area contributed by atoms with Crippen LogP contribution in [-0.4, -0.2) is 73.3 Å². The van der Waals surface area contributed by atoms with E-state index in [9.17, 15) is 13.2 Å². The van der Waals surface area contributed by atoms with Crippen molar-refractivity contribution in [3.05, 3.63) is 30.5 Å². The van der Waals surface area contributed by atoms with E-state index >= 15 is 0 Å². The number of aryl methyl sites for hydroxylation is 1. The summed E-state index contributed by atoms with van der Waals surface area (Å²) in [6.07, 6.45) is 7.81. The molecule has 0 atom stereocenters. The fourth-order valence-corrected chi connectivity index (χ4v) is 6.77. The van der Waals surface area contributed by atoms with Crippen molar-refractivity contribution in [1.29, 1.82) is 0 Å². The molecule has 33 heavy (non-hydrogen) atoms. The lowest BCUT2D eigenvalue weighted by molar-refractivity contribution is -0.187. The fraction of sp³-hybridized carbons (Fsp3) is 0.625. The second kappa shape index (κ2) is 9.37. The van der Waals surface area contributed by atoms with E-state index in [1.165, 1.54) is 0 Å². The molecule has 0 radical (unpaired) electrons. The van der Waals surface area contributed by atoms with E-state index < -0.39 is 15.8 Å². The second-order valence-electron chi connectivity index (χ2n) is 9.29. The van der Waals surface area contributed by atoms with Crippen molar-refractivity contribution >= 4 is 26.8 Å². The van der Waals surface area contributed by atoms with Crippen molar-refractivity contribution in [2.24, 2.45) is 0 Å². The monoisotopic (exact) mass is 475 g/mol. The van der Waals surface area contributed by atoms with Gasteiger partial charge in [0.15, 0.2) is 5.79 Å². The average Bonchev–Trinajstić information content (AvgIpc) is 3.34. The van der Waals surface area contributed by atoms with Crippen molar-refractivity contribution in [1.82, 2.24) is 13.8 Å². The van der Waals surface area contributed by atoms with E-state index in [0.717, 1.165) is 49.4 Å². The first-order valence-electron chi connectivity index (χ1n) is 12.1. The molecule has 180 valence electrons. The second-order valence-corrected chi connectivity index (χ2v) is 11.2. The molecule has 2 aromatic rings. The maximum atomic E-state index is 13.1. The van der Waals surface area contributed by atoms with Gasteiger partial charge in [0.05, 0.1) is 18.1 Å². The van der Waals surface area contributed by atoms with Crippen LogP contribution >= 0.6 is 0 Å². The van der Waals surface area contributed by atoms with Crippen molar-refractivity contribution in [2.45, 2.75) is 62.2 Å². The average molecular weight is 476 g/mol. The van der Waals surface area contributed by atoms with Gasteiger partial charge < -0.3 is 18.9 Å². The number of carbonyl (C=O) groups excluding carboxylic acids is 1. The van der Waals surface area contributed by atoms with Gasteiger partial charge in [-0.1, -0.05) is 12.8 Å². The number of piperidine rings is 1. The zero-order valence-corrected chi connectivity index (χ0v) is 19.9. The van der Waals surface area contributed by atoms with Gasteiger partial charge in [0.25, 0.3) is 0 Å². The van der Waals surface area contributed by atoms with Gasteiger partial charge in [0.1, 0.15) is 0 Å². The van der Waals surface area contributed by atoms with Crippen LogP contribution in [-0.2, 0) is 30.8 Å². The van der Waals surface area contributed by atoms with Crippen LogP contribution in [0.15, 0.2) is 35.4 Å². The highest BCUT2D eigenvalue weighted by Gasteiger charge is 2.40. The minimum absolute atomic E-state index is 0.130. The van der Waals surface area contributed by atoms with Crippen LogP contribution in [0.5, 0.6) is 0 Å². The number of fused-ring (bicyclic) bond motifs is 1. The van der Waals surface area contributed by atoms with E-state index in [1.807, 2.05) is 27.8 Å². The van der Waals surface area contributed by atoms with E-state index in [0.29, 0.717) is 57.3 Å². The van der Waals surface area contributed by atoms with Crippen LogP contribution in [0.1, 0.15) is 44.9 Å². The Kier molecular flexibility index (Phi) is 6.48. The summed E-state index contributed by atoms with van der Waals surface area (Å²) in [5.74, 6) is -0.344. The Morgan fingerprint density at radius 3 is 2.33 bits per heavy atom. The quantitative estimate of drug-likeness (QED) is 0.664. The van der Waals surface area contributed by atoms with E-state index in [4.69, 9.17) is 9.47 Å². The highest BCUT2D eigenvalue weighted by atomic mass is 32.2. The molecule has 4 heterocycles. The van der Waals surface area contributed by atoms with Gasteiger partial charge in [0, 0.05) is 69.1 Å². The lowest BCUT2D eigenvalue weighted by atomic mass is 10.0. The molecule has 1 spiro atoms. The molecule has 3 aliphatic rings. The van der Waals surface area contributed by atoms with Crippen LogP contribution < -0.4 is 0 Å². The minimum Gasteiger partial charge on any atom is -0.347 e. The van der Waals surface area contributed by atoms with E-state index in [2.05, 4.69) is 0 Å². The van der Waals surface area contributed by atoms with Gasteiger partial charge in [-0.05, 0) is 37.1 Å². The highest BCUT2D eigenvalue weighted by Crippen LogP contribution is 2.31. The van der Waals surface area contributed by atoms with Gasteiger partial charge in [-0.15, -0.1) is 0 Å². The Morgan fingerprint density at radius 2 is 1.64 bits per heavy atom. The molecule has 8 nitrogen and oxygen atoms in total. The molecule has 1 aromatic carbocycles.